The van der Waals surface area contributed by atoms with Crippen LogP contribution in [0.25, 0.3) is 0 Å². The van der Waals surface area contributed by atoms with Crippen LogP contribution in [0, 0.1) is 11.6 Å². The van der Waals surface area contributed by atoms with E-state index in [0.29, 0.717) is 6.42 Å². The lowest BCUT2D eigenvalue weighted by Crippen LogP contribution is -2.34. The number of nitrogens with one attached hydrogen (secondary N) is 1. The van der Waals surface area contributed by atoms with Crippen molar-refractivity contribution in [3.63, 3.8) is 0 Å². The molecule has 0 spiro atoms. The molecular weight excluding hydrogens is 264 g/mol. The van der Waals surface area contributed by atoms with Crippen LogP contribution in [0.15, 0.2) is 18.2 Å². The van der Waals surface area contributed by atoms with Crippen molar-refractivity contribution in [1.29, 1.82) is 0 Å². The third-order valence-corrected chi connectivity index (χ3v) is 2.96. The zero-order valence-electron chi connectivity index (χ0n) is 12.2. The first-order chi connectivity index (χ1) is 9.43. The highest BCUT2D eigenvalue weighted by atomic mass is 19.1. The lowest BCUT2D eigenvalue weighted by Gasteiger charge is -2.21. The van der Waals surface area contributed by atoms with Gasteiger partial charge in [-0.3, -0.25) is 0 Å². The molecule has 114 valence electrons. The molecule has 0 aliphatic carbocycles. The average Bonchev–Trinajstić information content (AvgIpc) is 2.40. The van der Waals surface area contributed by atoms with Crippen LogP contribution in [0.1, 0.15) is 38.8 Å². The summed E-state index contributed by atoms with van der Waals surface area (Å²) in [7, 11) is 0. The molecule has 2 atom stereocenters. The predicted molar refractivity (Wildman–Crippen MR) is 74.5 cm³/mol. The van der Waals surface area contributed by atoms with Crippen LogP contribution in [0.5, 0.6) is 0 Å². The Morgan fingerprint density at radius 2 is 2.00 bits per heavy atom. The number of ether oxygens (including phenoxy) is 1. The third-order valence-electron chi connectivity index (χ3n) is 2.96. The SMILES string of the molecule is CCC(NCC(O)COC(C)C)c1cc(F)ccc1F. The Morgan fingerprint density at radius 1 is 1.30 bits per heavy atom. The molecule has 0 radical (unpaired) electrons. The Morgan fingerprint density at radius 3 is 2.60 bits per heavy atom. The molecule has 0 fully saturated rings. The maximum absolute atomic E-state index is 13.7. The monoisotopic (exact) mass is 287 g/mol. The Labute approximate surface area is 119 Å². The quantitative estimate of drug-likeness (QED) is 0.772. The van der Waals surface area contributed by atoms with Crippen LogP contribution < -0.4 is 5.32 Å². The fraction of sp³-hybridized carbons (Fsp3) is 0.600. The summed E-state index contributed by atoms with van der Waals surface area (Å²) in [5.74, 6) is -0.913. The van der Waals surface area contributed by atoms with Crippen LogP contribution in [-0.2, 0) is 4.74 Å². The van der Waals surface area contributed by atoms with E-state index in [1.54, 1.807) is 0 Å². The first-order valence-corrected chi connectivity index (χ1v) is 6.92. The van der Waals surface area contributed by atoms with E-state index in [1.165, 1.54) is 6.07 Å². The van der Waals surface area contributed by atoms with Gasteiger partial charge in [-0.25, -0.2) is 8.78 Å². The molecule has 1 aromatic carbocycles. The summed E-state index contributed by atoms with van der Waals surface area (Å²) < 4.78 is 32.2. The van der Waals surface area contributed by atoms with Gasteiger partial charge >= 0.3 is 0 Å². The zero-order valence-corrected chi connectivity index (χ0v) is 12.2. The van der Waals surface area contributed by atoms with E-state index in [-0.39, 0.29) is 30.9 Å². The van der Waals surface area contributed by atoms with Gasteiger partial charge in [0.05, 0.1) is 18.8 Å². The summed E-state index contributed by atoms with van der Waals surface area (Å²) in [4.78, 5) is 0. The van der Waals surface area contributed by atoms with E-state index >= 15 is 0 Å². The number of halogens is 2. The molecule has 1 rings (SSSR count). The molecule has 0 aliphatic heterocycles. The molecule has 0 saturated carbocycles. The van der Waals surface area contributed by atoms with Gasteiger partial charge in [-0.2, -0.15) is 0 Å². The van der Waals surface area contributed by atoms with Crippen molar-refractivity contribution in [2.45, 2.75) is 45.4 Å². The maximum Gasteiger partial charge on any atom is 0.128 e. The van der Waals surface area contributed by atoms with Crippen molar-refractivity contribution >= 4 is 0 Å². The van der Waals surface area contributed by atoms with E-state index in [2.05, 4.69) is 5.32 Å². The second-order valence-electron chi connectivity index (χ2n) is 5.07. The first kappa shape index (κ1) is 17.0. The molecule has 0 aliphatic rings. The summed E-state index contributed by atoms with van der Waals surface area (Å²) in [5, 5.41) is 12.8. The van der Waals surface area contributed by atoms with Crippen molar-refractivity contribution < 1.29 is 18.6 Å². The van der Waals surface area contributed by atoms with Gasteiger partial charge in [0.15, 0.2) is 0 Å². The molecular formula is C15H23F2NO2. The van der Waals surface area contributed by atoms with Crippen LogP contribution in [0.3, 0.4) is 0 Å². The lowest BCUT2D eigenvalue weighted by atomic mass is 10.0. The molecule has 1 aromatic rings. The minimum Gasteiger partial charge on any atom is -0.389 e. The molecule has 0 amide bonds. The normalized spacial score (nSPS) is 14.6. The molecule has 3 nitrogen and oxygen atoms in total. The van der Waals surface area contributed by atoms with E-state index in [1.807, 2.05) is 20.8 Å². The molecule has 2 unspecified atom stereocenters. The highest BCUT2D eigenvalue weighted by Crippen LogP contribution is 2.21. The Balaban J connectivity index is 2.57. The highest BCUT2D eigenvalue weighted by Gasteiger charge is 2.16. The van der Waals surface area contributed by atoms with Crippen molar-refractivity contribution in [1.82, 2.24) is 5.32 Å². The van der Waals surface area contributed by atoms with E-state index in [0.717, 1.165) is 12.1 Å². The smallest absolute Gasteiger partial charge is 0.128 e. The van der Waals surface area contributed by atoms with Crippen LogP contribution in [0.2, 0.25) is 0 Å². The molecule has 20 heavy (non-hydrogen) atoms. The summed E-state index contributed by atoms with van der Waals surface area (Å²) >= 11 is 0. The van der Waals surface area contributed by atoms with Crippen LogP contribution in [0.4, 0.5) is 8.78 Å². The first-order valence-electron chi connectivity index (χ1n) is 6.92. The van der Waals surface area contributed by atoms with Gasteiger partial charge in [-0.15, -0.1) is 0 Å². The van der Waals surface area contributed by atoms with Gasteiger partial charge in [0.25, 0.3) is 0 Å². The second kappa shape index (κ2) is 8.29. The van der Waals surface area contributed by atoms with Crippen molar-refractivity contribution in [3.8, 4) is 0 Å². The van der Waals surface area contributed by atoms with Crippen molar-refractivity contribution in [3.05, 3.63) is 35.4 Å². The summed E-state index contributed by atoms with van der Waals surface area (Å²) in [5.41, 5.74) is 0.282. The highest BCUT2D eigenvalue weighted by molar-refractivity contribution is 5.22. The lowest BCUT2D eigenvalue weighted by molar-refractivity contribution is 0.00534. The van der Waals surface area contributed by atoms with Crippen molar-refractivity contribution in [2.75, 3.05) is 13.2 Å². The molecule has 0 bridgehead atoms. The van der Waals surface area contributed by atoms with Gasteiger partial charge < -0.3 is 15.2 Å². The average molecular weight is 287 g/mol. The number of aliphatic hydroxyl groups excluding tert-OH is 1. The van der Waals surface area contributed by atoms with E-state index in [4.69, 9.17) is 4.74 Å². The van der Waals surface area contributed by atoms with E-state index in [9.17, 15) is 13.9 Å². The predicted octanol–water partition coefficient (Wildman–Crippen LogP) is 2.79. The number of benzene rings is 1. The summed E-state index contributed by atoms with van der Waals surface area (Å²) in [6, 6.07) is 3.07. The molecule has 0 heterocycles. The van der Waals surface area contributed by atoms with E-state index < -0.39 is 17.7 Å². The number of hydrogen-bond acceptors (Lipinski definition) is 3. The number of rotatable bonds is 8. The molecule has 0 aromatic heterocycles. The van der Waals surface area contributed by atoms with Gasteiger partial charge in [-0.05, 0) is 38.5 Å². The van der Waals surface area contributed by atoms with Gasteiger partial charge in [0, 0.05) is 18.2 Å². The fourth-order valence-electron chi connectivity index (χ4n) is 1.90. The van der Waals surface area contributed by atoms with Crippen molar-refractivity contribution in [2.24, 2.45) is 0 Å². The van der Waals surface area contributed by atoms with Gasteiger partial charge in [0.1, 0.15) is 11.6 Å². The molecule has 5 heteroatoms. The Hall–Kier alpha value is -1.04. The molecule has 2 N–H and O–H groups in total. The topological polar surface area (TPSA) is 41.5 Å². The Bertz CT molecular complexity index is 413. The fourth-order valence-corrected chi connectivity index (χ4v) is 1.90. The van der Waals surface area contributed by atoms with Crippen LogP contribution >= 0.6 is 0 Å². The zero-order chi connectivity index (χ0) is 15.1. The minimum atomic E-state index is -0.678. The minimum absolute atomic E-state index is 0.0484. The second-order valence-corrected chi connectivity index (χ2v) is 5.07. The number of aliphatic hydroxyl groups is 1. The standard InChI is InChI=1S/C15H23F2NO2/c1-4-15(13-7-11(16)5-6-14(13)17)18-8-12(19)9-20-10(2)3/h5-7,10,12,15,18-19H,4,8-9H2,1-3H3. The Kier molecular flexibility index (Phi) is 7.05. The summed E-state index contributed by atoms with van der Waals surface area (Å²) in [6.45, 7) is 6.13. The van der Waals surface area contributed by atoms with Gasteiger partial charge in [-0.1, -0.05) is 6.92 Å². The van der Waals surface area contributed by atoms with Gasteiger partial charge in [0.2, 0.25) is 0 Å². The summed E-state index contributed by atoms with van der Waals surface area (Å²) in [6.07, 6.45) is -0.0339. The van der Waals surface area contributed by atoms with Crippen LogP contribution in [-0.4, -0.2) is 30.5 Å². The molecule has 0 saturated heterocycles. The number of hydrogen-bond donors (Lipinski definition) is 2. The maximum atomic E-state index is 13.7. The third kappa shape index (κ3) is 5.53. The largest absolute Gasteiger partial charge is 0.389 e.